The standard InChI is InChI=1S/C15H16N2O2S/c1-11-5-6-14(19-11)15(18)17(2)9-13-8-12(10-20-13)4-3-7-16/h5-6,8,10H,7,9,16H2,1-2H3. The molecule has 0 saturated carbocycles. The van der Waals surface area contributed by atoms with E-state index in [4.69, 9.17) is 10.2 Å². The maximum Gasteiger partial charge on any atom is 0.289 e. The lowest BCUT2D eigenvalue weighted by Gasteiger charge is -2.14. The van der Waals surface area contributed by atoms with Crippen LogP contribution in [0.2, 0.25) is 0 Å². The van der Waals surface area contributed by atoms with Crippen LogP contribution in [0.15, 0.2) is 28.0 Å². The Labute approximate surface area is 122 Å². The SMILES string of the molecule is Cc1ccc(C(=O)N(C)Cc2cc(C#CCN)cs2)o1. The number of carbonyl (C=O) groups is 1. The molecule has 104 valence electrons. The molecule has 2 aromatic heterocycles. The summed E-state index contributed by atoms with van der Waals surface area (Å²) >= 11 is 1.58. The summed E-state index contributed by atoms with van der Waals surface area (Å²) in [7, 11) is 1.76. The Morgan fingerprint density at radius 3 is 2.95 bits per heavy atom. The second kappa shape index (κ2) is 6.42. The zero-order valence-electron chi connectivity index (χ0n) is 11.5. The van der Waals surface area contributed by atoms with Gasteiger partial charge in [-0.2, -0.15) is 0 Å². The first kappa shape index (κ1) is 14.4. The normalized spacial score (nSPS) is 9.95. The van der Waals surface area contributed by atoms with Gasteiger partial charge in [0.1, 0.15) is 5.76 Å². The minimum atomic E-state index is -0.124. The molecule has 0 aliphatic heterocycles. The topological polar surface area (TPSA) is 59.5 Å². The molecular weight excluding hydrogens is 272 g/mol. The van der Waals surface area contributed by atoms with E-state index in [1.807, 2.05) is 18.4 Å². The van der Waals surface area contributed by atoms with Gasteiger partial charge in [-0.25, -0.2) is 0 Å². The van der Waals surface area contributed by atoms with Gasteiger partial charge < -0.3 is 15.1 Å². The molecule has 4 nitrogen and oxygen atoms in total. The third-order valence-corrected chi connectivity index (χ3v) is 3.60. The van der Waals surface area contributed by atoms with Crippen LogP contribution in [0.5, 0.6) is 0 Å². The summed E-state index contributed by atoms with van der Waals surface area (Å²) in [5.74, 6) is 6.76. The van der Waals surface area contributed by atoms with Gasteiger partial charge in [-0.3, -0.25) is 4.79 Å². The molecule has 20 heavy (non-hydrogen) atoms. The van der Waals surface area contributed by atoms with E-state index in [1.165, 1.54) is 0 Å². The van der Waals surface area contributed by atoms with E-state index in [0.717, 1.165) is 16.2 Å². The van der Waals surface area contributed by atoms with Crippen molar-refractivity contribution >= 4 is 17.2 Å². The maximum atomic E-state index is 12.1. The number of furan rings is 1. The summed E-state index contributed by atoms with van der Waals surface area (Å²) in [6.07, 6.45) is 0. The summed E-state index contributed by atoms with van der Waals surface area (Å²) in [6.45, 7) is 2.70. The van der Waals surface area contributed by atoms with Crippen molar-refractivity contribution in [2.45, 2.75) is 13.5 Å². The van der Waals surface area contributed by atoms with Crippen LogP contribution in [-0.2, 0) is 6.54 Å². The van der Waals surface area contributed by atoms with Gasteiger partial charge in [0.15, 0.2) is 5.76 Å². The van der Waals surface area contributed by atoms with E-state index >= 15 is 0 Å². The Morgan fingerprint density at radius 2 is 2.30 bits per heavy atom. The number of nitrogens with zero attached hydrogens (tertiary/aromatic N) is 1. The zero-order valence-corrected chi connectivity index (χ0v) is 12.3. The highest BCUT2D eigenvalue weighted by Gasteiger charge is 2.16. The lowest BCUT2D eigenvalue weighted by molar-refractivity contribution is 0.0753. The second-order valence-electron chi connectivity index (χ2n) is 4.38. The molecule has 5 heteroatoms. The zero-order chi connectivity index (χ0) is 14.5. The first-order chi connectivity index (χ1) is 9.60. The largest absolute Gasteiger partial charge is 0.456 e. The van der Waals surface area contributed by atoms with Crippen molar-refractivity contribution in [3.63, 3.8) is 0 Å². The molecule has 0 unspecified atom stereocenters. The van der Waals surface area contributed by atoms with Crippen molar-refractivity contribution in [3.05, 3.63) is 45.5 Å². The molecule has 0 aliphatic rings. The molecule has 2 aromatic rings. The molecule has 2 rings (SSSR count). The molecule has 2 heterocycles. The van der Waals surface area contributed by atoms with E-state index < -0.39 is 0 Å². The fourth-order valence-corrected chi connectivity index (χ4v) is 2.59. The van der Waals surface area contributed by atoms with Gasteiger partial charge >= 0.3 is 0 Å². The van der Waals surface area contributed by atoms with Crippen molar-refractivity contribution in [3.8, 4) is 11.8 Å². The molecular formula is C15H16N2O2S. The number of carbonyl (C=O) groups excluding carboxylic acids is 1. The van der Waals surface area contributed by atoms with Crippen LogP contribution < -0.4 is 5.73 Å². The molecule has 2 N–H and O–H groups in total. The molecule has 0 aromatic carbocycles. The molecule has 0 aliphatic carbocycles. The van der Waals surface area contributed by atoms with E-state index in [9.17, 15) is 4.79 Å². The third-order valence-electron chi connectivity index (χ3n) is 2.68. The van der Waals surface area contributed by atoms with Crippen LogP contribution in [0.4, 0.5) is 0 Å². The van der Waals surface area contributed by atoms with Crippen molar-refractivity contribution in [1.82, 2.24) is 4.90 Å². The lowest BCUT2D eigenvalue weighted by Crippen LogP contribution is -2.25. The number of amides is 1. The van der Waals surface area contributed by atoms with Crippen molar-refractivity contribution in [1.29, 1.82) is 0 Å². The number of hydrogen-bond acceptors (Lipinski definition) is 4. The summed E-state index contributed by atoms with van der Waals surface area (Å²) in [6, 6.07) is 5.46. The highest BCUT2D eigenvalue weighted by molar-refractivity contribution is 7.10. The van der Waals surface area contributed by atoms with Crippen molar-refractivity contribution in [2.24, 2.45) is 5.73 Å². The Morgan fingerprint density at radius 1 is 1.50 bits per heavy atom. The van der Waals surface area contributed by atoms with Crippen LogP contribution >= 0.6 is 11.3 Å². The van der Waals surface area contributed by atoms with E-state index in [1.54, 1.807) is 35.4 Å². The highest BCUT2D eigenvalue weighted by atomic mass is 32.1. The monoisotopic (exact) mass is 288 g/mol. The lowest BCUT2D eigenvalue weighted by atomic mass is 10.3. The number of aryl methyl sites for hydroxylation is 1. The van der Waals surface area contributed by atoms with Crippen LogP contribution in [-0.4, -0.2) is 24.4 Å². The minimum absolute atomic E-state index is 0.124. The highest BCUT2D eigenvalue weighted by Crippen LogP contribution is 2.17. The number of rotatable bonds is 3. The number of thiophene rings is 1. The van der Waals surface area contributed by atoms with Gasteiger partial charge in [-0.05, 0) is 25.1 Å². The fourth-order valence-electron chi connectivity index (χ4n) is 1.73. The molecule has 0 radical (unpaired) electrons. The van der Waals surface area contributed by atoms with Crippen LogP contribution in [0.1, 0.15) is 26.8 Å². The smallest absolute Gasteiger partial charge is 0.289 e. The summed E-state index contributed by atoms with van der Waals surface area (Å²) in [5.41, 5.74) is 6.27. The third kappa shape index (κ3) is 3.50. The fraction of sp³-hybridized carbons (Fsp3) is 0.267. The van der Waals surface area contributed by atoms with E-state index in [0.29, 0.717) is 18.8 Å². The summed E-state index contributed by atoms with van der Waals surface area (Å²) in [5, 5.41) is 1.97. The van der Waals surface area contributed by atoms with Crippen molar-refractivity contribution < 1.29 is 9.21 Å². The Bertz CT molecular complexity index is 661. The Balaban J connectivity index is 2.02. The predicted molar refractivity (Wildman–Crippen MR) is 79.5 cm³/mol. The van der Waals surface area contributed by atoms with Gasteiger partial charge in [0, 0.05) is 22.9 Å². The average Bonchev–Trinajstić information content (AvgIpc) is 3.04. The number of hydrogen-bond donors (Lipinski definition) is 1. The molecule has 0 fully saturated rings. The predicted octanol–water partition coefficient (Wildman–Crippen LogP) is 2.23. The maximum absolute atomic E-state index is 12.1. The van der Waals surface area contributed by atoms with Gasteiger partial charge in [-0.15, -0.1) is 11.3 Å². The van der Waals surface area contributed by atoms with Gasteiger partial charge in [-0.1, -0.05) is 11.8 Å². The van der Waals surface area contributed by atoms with E-state index in [2.05, 4.69) is 11.8 Å². The molecule has 0 spiro atoms. The van der Waals surface area contributed by atoms with Crippen LogP contribution in [0.3, 0.4) is 0 Å². The van der Waals surface area contributed by atoms with Crippen molar-refractivity contribution in [2.75, 3.05) is 13.6 Å². The molecule has 0 atom stereocenters. The molecule has 0 saturated heterocycles. The van der Waals surface area contributed by atoms with Gasteiger partial charge in [0.2, 0.25) is 0 Å². The minimum Gasteiger partial charge on any atom is -0.456 e. The quantitative estimate of drug-likeness (QED) is 0.881. The second-order valence-corrected chi connectivity index (χ2v) is 5.37. The van der Waals surface area contributed by atoms with Gasteiger partial charge in [0.05, 0.1) is 13.1 Å². The first-order valence-electron chi connectivity index (χ1n) is 6.18. The Hall–Kier alpha value is -2.03. The molecule has 0 bridgehead atoms. The molecule has 1 amide bonds. The van der Waals surface area contributed by atoms with E-state index in [-0.39, 0.29) is 5.91 Å². The van der Waals surface area contributed by atoms with Gasteiger partial charge in [0.25, 0.3) is 5.91 Å². The first-order valence-corrected chi connectivity index (χ1v) is 7.06. The van der Waals surface area contributed by atoms with Crippen LogP contribution in [0.25, 0.3) is 0 Å². The summed E-state index contributed by atoms with van der Waals surface area (Å²) in [4.78, 5) is 14.8. The Kier molecular flexibility index (Phi) is 4.61. The number of nitrogens with two attached hydrogens (primary N) is 1. The van der Waals surface area contributed by atoms with Crippen LogP contribution in [0, 0.1) is 18.8 Å². The average molecular weight is 288 g/mol. The summed E-state index contributed by atoms with van der Waals surface area (Å²) < 4.78 is 5.34.